The SMILES string of the molecule is FC(F)(c1cccc(N2CN(c3c(-c4ccccc4)cccc3-c3ccccc3)c3ccccc32)c1)c1ccc2c3ccccc3n(-c3cc(C4(c5ccccc5)CCCC4)ccn3)c2c1. The van der Waals surface area contributed by atoms with Crippen molar-refractivity contribution in [3.8, 4) is 28.1 Å². The maximum atomic E-state index is 17.4. The molecule has 2 aromatic heterocycles. The van der Waals surface area contributed by atoms with E-state index in [9.17, 15) is 0 Å². The van der Waals surface area contributed by atoms with Crippen LogP contribution < -0.4 is 9.80 Å². The van der Waals surface area contributed by atoms with Gasteiger partial charge in [-0.3, -0.25) is 4.57 Å². The second-order valence-electron chi connectivity index (χ2n) is 17.7. The molecule has 10 aromatic rings. The van der Waals surface area contributed by atoms with Gasteiger partial charge < -0.3 is 9.80 Å². The molecule has 0 spiro atoms. The first-order chi connectivity index (χ1) is 32.5. The smallest absolute Gasteiger partial charge is 0.298 e. The lowest BCUT2D eigenvalue weighted by Crippen LogP contribution is -2.25. The first-order valence-corrected chi connectivity index (χ1v) is 22.9. The number of alkyl halides is 2. The van der Waals surface area contributed by atoms with Crippen LogP contribution in [0.1, 0.15) is 47.9 Å². The van der Waals surface area contributed by atoms with Crippen molar-refractivity contribution < 1.29 is 8.78 Å². The first kappa shape index (κ1) is 39.7. The van der Waals surface area contributed by atoms with Crippen LogP contribution in [-0.4, -0.2) is 16.2 Å². The highest BCUT2D eigenvalue weighted by Crippen LogP contribution is 2.51. The Balaban J connectivity index is 0.943. The van der Waals surface area contributed by atoms with E-state index in [0.717, 1.165) is 87.1 Å². The maximum absolute atomic E-state index is 17.4. The van der Waals surface area contributed by atoms with Crippen LogP contribution in [0.3, 0.4) is 0 Å². The van der Waals surface area contributed by atoms with Crippen LogP contribution in [0.25, 0.3) is 49.9 Å². The number of pyridine rings is 1. The minimum atomic E-state index is -3.32. The predicted octanol–water partition coefficient (Wildman–Crippen LogP) is 15.8. The molecule has 0 N–H and O–H groups in total. The fraction of sp³-hybridized carbons (Fsp3) is 0.117. The molecule has 3 heterocycles. The van der Waals surface area contributed by atoms with Crippen LogP contribution in [0.4, 0.5) is 31.5 Å². The van der Waals surface area contributed by atoms with Crippen molar-refractivity contribution in [1.82, 2.24) is 9.55 Å². The van der Waals surface area contributed by atoms with E-state index in [1.807, 2.05) is 54.7 Å². The molecule has 6 heteroatoms. The van der Waals surface area contributed by atoms with Crippen LogP contribution in [-0.2, 0) is 11.3 Å². The summed E-state index contributed by atoms with van der Waals surface area (Å²) in [6.45, 7) is 0.432. The molecule has 0 bridgehead atoms. The minimum absolute atomic E-state index is 0.0706. The van der Waals surface area contributed by atoms with Crippen molar-refractivity contribution in [3.05, 3.63) is 241 Å². The number of hydrogen-bond acceptors (Lipinski definition) is 3. The third-order valence-electron chi connectivity index (χ3n) is 14.1. The number of nitrogens with zero attached hydrogens (tertiary/aromatic N) is 4. The molecule has 0 radical (unpaired) electrons. The number of anilines is 4. The lowest BCUT2D eigenvalue weighted by molar-refractivity contribution is 0.0430. The Bertz CT molecular complexity index is 3340. The van der Waals surface area contributed by atoms with E-state index in [-0.39, 0.29) is 16.5 Å². The number of halogens is 2. The molecule has 320 valence electrons. The maximum Gasteiger partial charge on any atom is 0.298 e. The minimum Gasteiger partial charge on any atom is -0.321 e. The highest BCUT2D eigenvalue weighted by molar-refractivity contribution is 6.09. The Morgan fingerprint density at radius 3 is 1.77 bits per heavy atom. The summed E-state index contributed by atoms with van der Waals surface area (Å²) < 4.78 is 37.0. The van der Waals surface area contributed by atoms with Gasteiger partial charge >= 0.3 is 0 Å². The van der Waals surface area contributed by atoms with Gasteiger partial charge in [0.15, 0.2) is 0 Å². The zero-order valence-electron chi connectivity index (χ0n) is 36.4. The van der Waals surface area contributed by atoms with Gasteiger partial charge in [0.1, 0.15) is 12.5 Å². The van der Waals surface area contributed by atoms with Crippen LogP contribution in [0.5, 0.6) is 0 Å². The lowest BCUT2D eigenvalue weighted by Gasteiger charge is -2.31. The van der Waals surface area contributed by atoms with E-state index in [1.54, 1.807) is 30.3 Å². The van der Waals surface area contributed by atoms with Crippen molar-refractivity contribution in [2.45, 2.75) is 37.0 Å². The summed E-state index contributed by atoms with van der Waals surface area (Å²) in [4.78, 5) is 9.42. The summed E-state index contributed by atoms with van der Waals surface area (Å²) in [5.41, 5.74) is 12.0. The summed E-state index contributed by atoms with van der Waals surface area (Å²) in [6, 6.07) is 70.9. The fourth-order valence-electron chi connectivity index (χ4n) is 10.9. The summed E-state index contributed by atoms with van der Waals surface area (Å²) in [6.07, 6.45) is 6.31. The quantitative estimate of drug-likeness (QED) is 0.144. The second-order valence-corrected chi connectivity index (χ2v) is 17.7. The fourth-order valence-corrected chi connectivity index (χ4v) is 10.9. The lowest BCUT2D eigenvalue weighted by atomic mass is 9.73. The van der Waals surface area contributed by atoms with Gasteiger partial charge in [-0.15, -0.1) is 0 Å². The number of para-hydroxylation sites is 4. The topological polar surface area (TPSA) is 24.3 Å². The van der Waals surface area contributed by atoms with Gasteiger partial charge in [-0.2, -0.15) is 8.78 Å². The standard InChI is InChI=1S/C60H46F2N4/c61-60(62,47-32-33-52-51-26-10-11-29-53(51)66(56(52)39-47)57-40-45(34-37-63-57)59(35-14-15-36-59)44-22-8-3-9-23-44)46-24-16-25-48(38-46)64-41-65(55-31-13-12-30-54(55)64)58-49(42-18-4-1-5-19-42)27-17-28-50(58)43-20-6-2-7-21-43/h1-13,16-34,37-40H,14-15,35-36,41H2. The molecule has 12 rings (SSSR count). The molecule has 2 aliphatic rings. The monoisotopic (exact) mass is 860 g/mol. The van der Waals surface area contributed by atoms with E-state index in [4.69, 9.17) is 4.98 Å². The Hall–Kier alpha value is -7.83. The summed E-state index contributed by atoms with van der Waals surface area (Å²) >= 11 is 0. The summed E-state index contributed by atoms with van der Waals surface area (Å²) in [7, 11) is 0. The average Bonchev–Trinajstić information content (AvgIpc) is 4.13. The van der Waals surface area contributed by atoms with Crippen LogP contribution in [0.2, 0.25) is 0 Å². The van der Waals surface area contributed by atoms with Crippen LogP contribution >= 0.6 is 0 Å². The highest BCUT2D eigenvalue weighted by Gasteiger charge is 2.39. The average molecular weight is 861 g/mol. The van der Waals surface area contributed by atoms with Crippen molar-refractivity contribution in [3.63, 3.8) is 0 Å². The summed E-state index contributed by atoms with van der Waals surface area (Å²) in [5.74, 6) is -2.59. The van der Waals surface area contributed by atoms with Crippen molar-refractivity contribution in [2.24, 2.45) is 0 Å². The molecule has 0 unspecified atom stereocenters. The van der Waals surface area contributed by atoms with Gasteiger partial charge in [0, 0.05) is 50.3 Å². The molecular formula is C60H46F2N4. The zero-order chi connectivity index (χ0) is 44.2. The number of rotatable bonds is 9. The predicted molar refractivity (Wildman–Crippen MR) is 267 cm³/mol. The first-order valence-electron chi connectivity index (χ1n) is 22.9. The van der Waals surface area contributed by atoms with E-state index < -0.39 is 5.92 Å². The van der Waals surface area contributed by atoms with Gasteiger partial charge in [-0.05, 0) is 83.6 Å². The Kier molecular flexibility index (Phi) is 9.63. The normalized spacial score (nSPS) is 14.6. The Labute approximate surface area is 383 Å². The van der Waals surface area contributed by atoms with Gasteiger partial charge in [0.25, 0.3) is 5.92 Å². The molecule has 66 heavy (non-hydrogen) atoms. The molecule has 1 saturated carbocycles. The number of hydrogen-bond donors (Lipinski definition) is 0. The highest BCUT2D eigenvalue weighted by atomic mass is 19.3. The number of benzene rings is 8. The summed E-state index contributed by atoms with van der Waals surface area (Å²) in [5, 5.41) is 1.90. The van der Waals surface area contributed by atoms with Gasteiger partial charge in [0.05, 0.1) is 28.1 Å². The van der Waals surface area contributed by atoms with Crippen molar-refractivity contribution >= 4 is 44.6 Å². The van der Waals surface area contributed by atoms with Gasteiger partial charge in [-0.1, -0.05) is 177 Å². The molecule has 1 aliphatic carbocycles. The molecule has 8 aromatic carbocycles. The second kappa shape index (κ2) is 16.0. The van der Waals surface area contributed by atoms with Crippen LogP contribution in [0, 0.1) is 0 Å². The number of aromatic nitrogens is 2. The molecule has 1 aliphatic heterocycles. The largest absolute Gasteiger partial charge is 0.321 e. The zero-order valence-corrected chi connectivity index (χ0v) is 36.4. The van der Waals surface area contributed by atoms with Gasteiger partial charge in [0.2, 0.25) is 0 Å². The molecule has 0 amide bonds. The van der Waals surface area contributed by atoms with Gasteiger partial charge in [-0.25, -0.2) is 4.98 Å². The van der Waals surface area contributed by atoms with E-state index >= 15 is 8.78 Å². The third kappa shape index (κ3) is 6.50. The third-order valence-corrected chi connectivity index (χ3v) is 14.1. The van der Waals surface area contributed by atoms with Crippen LogP contribution in [0.15, 0.2) is 219 Å². The molecule has 0 atom stereocenters. The molecular weight excluding hydrogens is 815 g/mol. The van der Waals surface area contributed by atoms with E-state index in [1.165, 1.54) is 11.1 Å². The molecule has 4 nitrogen and oxygen atoms in total. The molecule has 1 fully saturated rings. The van der Waals surface area contributed by atoms with Crippen molar-refractivity contribution in [1.29, 1.82) is 0 Å². The molecule has 0 saturated heterocycles. The Morgan fingerprint density at radius 2 is 1.06 bits per heavy atom. The number of fused-ring (bicyclic) bond motifs is 4. The van der Waals surface area contributed by atoms with Crippen molar-refractivity contribution in [2.75, 3.05) is 16.5 Å². The Morgan fingerprint density at radius 1 is 0.470 bits per heavy atom. The van der Waals surface area contributed by atoms with E-state index in [2.05, 4.69) is 148 Å². The van der Waals surface area contributed by atoms with E-state index in [0.29, 0.717) is 17.9 Å².